The lowest BCUT2D eigenvalue weighted by Gasteiger charge is -2.16. The minimum absolute atomic E-state index is 0.0511. The number of methoxy groups -OCH3 is 1. The van der Waals surface area contributed by atoms with E-state index in [2.05, 4.69) is 4.72 Å². The van der Waals surface area contributed by atoms with Crippen LogP contribution in [0.1, 0.15) is 24.1 Å². The summed E-state index contributed by atoms with van der Waals surface area (Å²) in [5, 5.41) is 3.82. The number of thiophene rings is 1. The standard InChI is InChI=1S/C14H18N2O3S2/c1-9-6-13(19-3)14(7-12(9)15)21(17,18)16-10(2)11-4-5-20-8-11/h4-8,10,16H,15H2,1-3H3. The van der Waals surface area contributed by atoms with Crippen molar-refractivity contribution in [1.29, 1.82) is 0 Å². The number of ether oxygens (including phenoxy) is 1. The van der Waals surface area contributed by atoms with E-state index < -0.39 is 10.0 Å². The Morgan fingerprint density at radius 2 is 2.10 bits per heavy atom. The number of nitrogen functional groups attached to an aromatic ring is 1. The first kappa shape index (κ1) is 15.8. The normalized spacial score (nSPS) is 13.1. The Labute approximate surface area is 128 Å². The van der Waals surface area contributed by atoms with Crippen LogP contribution < -0.4 is 15.2 Å². The van der Waals surface area contributed by atoms with Gasteiger partial charge in [-0.25, -0.2) is 13.1 Å². The number of nitrogens with two attached hydrogens (primary N) is 1. The van der Waals surface area contributed by atoms with Crippen LogP contribution in [-0.2, 0) is 10.0 Å². The summed E-state index contributed by atoms with van der Waals surface area (Å²) in [5.74, 6) is 0.284. The van der Waals surface area contributed by atoms with E-state index in [-0.39, 0.29) is 16.7 Å². The van der Waals surface area contributed by atoms with Crippen molar-refractivity contribution in [3.8, 4) is 5.75 Å². The first-order valence-corrected chi connectivity index (χ1v) is 8.76. The highest BCUT2D eigenvalue weighted by Gasteiger charge is 2.23. The molecule has 0 saturated heterocycles. The number of nitrogens with one attached hydrogen (secondary N) is 1. The minimum atomic E-state index is -3.72. The van der Waals surface area contributed by atoms with Crippen molar-refractivity contribution in [2.45, 2.75) is 24.8 Å². The van der Waals surface area contributed by atoms with Gasteiger partial charge in [0.05, 0.1) is 7.11 Å². The summed E-state index contributed by atoms with van der Waals surface area (Å²) in [4.78, 5) is 0.0511. The number of anilines is 1. The van der Waals surface area contributed by atoms with E-state index in [1.54, 1.807) is 19.9 Å². The van der Waals surface area contributed by atoms with Gasteiger partial charge in [-0.05, 0) is 53.9 Å². The Morgan fingerprint density at radius 1 is 1.38 bits per heavy atom. The largest absolute Gasteiger partial charge is 0.495 e. The summed E-state index contributed by atoms with van der Waals surface area (Å²) >= 11 is 1.52. The van der Waals surface area contributed by atoms with Crippen LogP contribution in [0.5, 0.6) is 5.75 Å². The molecule has 2 rings (SSSR count). The Bertz CT molecular complexity index is 725. The second kappa shape index (κ2) is 6.05. The second-order valence-electron chi connectivity index (χ2n) is 4.76. The Hall–Kier alpha value is -1.57. The van der Waals surface area contributed by atoms with Gasteiger partial charge in [-0.15, -0.1) is 0 Å². The van der Waals surface area contributed by atoms with E-state index in [0.717, 1.165) is 11.1 Å². The van der Waals surface area contributed by atoms with Gasteiger partial charge in [0.15, 0.2) is 0 Å². The molecule has 1 aromatic carbocycles. The fourth-order valence-electron chi connectivity index (χ4n) is 1.93. The quantitative estimate of drug-likeness (QED) is 0.828. The maximum atomic E-state index is 12.5. The van der Waals surface area contributed by atoms with Gasteiger partial charge >= 0.3 is 0 Å². The van der Waals surface area contributed by atoms with Gasteiger partial charge in [-0.3, -0.25) is 0 Å². The summed E-state index contributed by atoms with van der Waals surface area (Å²) in [5.41, 5.74) is 7.93. The molecule has 0 fully saturated rings. The molecule has 0 aliphatic rings. The van der Waals surface area contributed by atoms with Crippen molar-refractivity contribution in [3.05, 3.63) is 40.1 Å². The number of hydrogen-bond acceptors (Lipinski definition) is 5. The third-order valence-electron chi connectivity index (χ3n) is 3.22. The summed E-state index contributed by atoms with van der Waals surface area (Å²) < 4.78 is 32.9. The Kier molecular flexibility index (Phi) is 4.55. The molecule has 1 unspecified atom stereocenters. The molecule has 7 heteroatoms. The number of benzene rings is 1. The van der Waals surface area contributed by atoms with Crippen molar-refractivity contribution >= 4 is 27.0 Å². The van der Waals surface area contributed by atoms with Gasteiger partial charge in [0.2, 0.25) is 10.0 Å². The zero-order valence-electron chi connectivity index (χ0n) is 12.1. The monoisotopic (exact) mass is 326 g/mol. The molecular weight excluding hydrogens is 308 g/mol. The molecule has 0 bridgehead atoms. The third-order valence-corrected chi connectivity index (χ3v) is 5.48. The molecule has 0 amide bonds. The molecule has 1 atom stereocenters. The highest BCUT2D eigenvalue weighted by molar-refractivity contribution is 7.89. The fourth-order valence-corrected chi connectivity index (χ4v) is 4.10. The highest BCUT2D eigenvalue weighted by atomic mass is 32.2. The lowest BCUT2D eigenvalue weighted by Crippen LogP contribution is -2.27. The summed E-state index contributed by atoms with van der Waals surface area (Å²) in [6.45, 7) is 3.60. The van der Waals surface area contributed by atoms with Crippen LogP contribution in [0.15, 0.2) is 33.9 Å². The van der Waals surface area contributed by atoms with Gasteiger partial charge < -0.3 is 10.5 Å². The van der Waals surface area contributed by atoms with Crippen LogP contribution in [0.4, 0.5) is 5.69 Å². The average Bonchev–Trinajstić information content (AvgIpc) is 2.94. The predicted molar refractivity (Wildman–Crippen MR) is 85.2 cm³/mol. The van der Waals surface area contributed by atoms with Gasteiger partial charge in [-0.1, -0.05) is 0 Å². The fraction of sp³-hybridized carbons (Fsp3) is 0.286. The van der Waals surface area contributed by atoms with Crippen LogP contribution in [0.3, 0.4) is 0 Å². The zero-order valence-corrected chi connectivity index (χ0v) is 13.7. The van der Waals surface area contributed by atoms with Gasteiger partial charge in [-0.2, -0.15) is 11.3 Å². The van der Waals surface area contributed by atoms with Crippen molar-refractivity contribution < 1.29 is 13.2 Å². The Balaban J connectivity index is 2.38. The zero-order chi connectivity index (χ0) is 15.6. The second-order valence-corrected chi connectivity index (χ2v) is 7.22. The lowest BCUT2D eigenvalue weighted by atomic mass is 10.2. The van der Waals surface area contributed by atoms with Crippen molar-refractivity contribution in [2.75, 3.05) is 12.8 Å². The van der Waals surface area contributed by atoms with E-state index in [1.165, 1.54) is 24.5 Å². The van der Waals surface area contributed by atoms with Crippen LogP contribution in [0.25, 0.3) is 0 Å². The van der Waals surface area contributed by atoms with Crippen molar-refractivity contribution in [1.82, 2.24) is 4.72 Å². The van der Waals surface area contributed by atoms with E-state index in [9.17, 15) is 8.42 Å². The molecule has 5 nitrogen and oxygen atoms in total. The van der Waals surface area contributed by atoms with Crippen molar-refractivity contribution in [2.24, 2.45) is 0 Å². The molecule has 0 radical (unpaired) electrons. The molecular formula is C14H18N2O3S2. The van der Waals surface area contributed by atoms with E-state index in [4.69, 9.17) is 10.5 Å². The highest BCUT2D eigenvalue weighted by Crippen LogP contribution is 2.30. The summed E-state index contributed by atoms with van der Waals surface area (Å²) in [6.07, 6.45) is 0. The number of sulfonamides is 1. The smallest absolute Gasteiger partial charge is 0.244 e. The molecule has 3 N–H and O–H groups in total. The molecule has 114 valence electrons. The van der Waals surface area contributed by atoms with Crippen LogP contribution in [0.2, 0.25) is 0 Å². The first-order valence-electron chi connectivity index (χ1n) is 6.33. The van der Waals surface area contributed by atoms with Crippen LogP contribution in [-0.4, -0.2) is 15.5 Å². The molecule has 21 heavy (non-hydrogen) atoms. The van der Waals surface area contributed by atoms with Gasteiger partial charge in [0, 0.05) is 11.7 Å². The Morgan fingerprint density at radius 3 is 2.67 bits per heavy atom. The molecule has 0 spiro atoms. The topological polar surface area (TPSA) is 81.4 Å². The first-order chi connectivity index (χ1) is 9.85. The maximum absolute atomic E-state index is 12.5. The molecule has 0 saturated carbocycles. The van der Waals surface area contributed by atoms with Crippen LogP contribution >= 0.6 is 11.3 Å². The number of rotatable bonds is 5. The average molecular weight is 326 g/mol. The van der Waals surface area contributed by atoms with E-state index in [0.29, 0.717) is 5.69 Å². The molecule has 1 aromatic heterocycles. The van der Waals surface area contributed by atoms with E-state index >= 15 is 0 Å². The summed E-state index contributed by atoms with van der Waals surface area (Å²) in [7, 11) is -2.28. The minimum Gasteiger partial charge on any atom is -0.495 e. The molecule has 1 heterocycles. The van der Waals surface area contributed by atoms with Gasteiger partial charge in [0.25, 0.3) is 0 Å². The lowest BCUT2D eigenvalue weighted by molar-refractivity contribution is 0.402. The molecule has 0 aliphatic heterocycles. The van der Waals surface area contributed by atoms with E-state index in [1.807, 2.05) is 16.8 Å². The van der Waals surface area contributed by atoms with Crippen molar-refractivity contribution in [3.63, 3.8) is 0 Å². The molecule has 0 aliphatic carbocycles. The number of hydrogen-bond donors (Lipinski definition) is 2. The number of aryl methyl sites for hydroxylation is 1. The van der Waals surface area contributed by atoms with Crippen LogP contribution in [0, 0.1) is 6.92 Å². The third kappa shape index (κ3) is 3.37. The molecule has 2 aromatic rings. The maximum Gasteiger partial charge on any atom is 0.244 e. The predicted octanol–water partition coefficient (Wildman–Crippen LogP) is 2.69. The van der Waals surface area contributed by atoms with Gasteiger partial charge in [0.1, 0.15) is 10.6 Å². The summed E-state index contributed by atoms with van der Waals surface area (Å²) in [6, 6.07) is 4.61. The SMILES string of the molecule is COc1cc(C)c(N)cc1S(=O)(=O)NC(C)c1ccsc1.